The van der Waals surface area contributed by atoms with Gasteiger partial charge in [0.1, 0.15) is 10.0 Å². The van der Waals surface area contributed by atoms with Gasteiger partial charge < -0.3 is 0 Å². The van der Waals surface area contributed by atoms with E-state index in [9.17, 15) is 9.59 Å². The Morgan fingerprint density at radius 1 is 1.21 bits per heavy atom. The molecule has 2 heterocycles. The molecule has 1 aliphatic heterocycles. The summed E-state index contributed by atoms with van der Waals surface area (Å²) in [5, 5.41) is 10.1. The van der Waals surface area contributed by atoms with E-state index in [0.29, 0.717) is 13.1 Å². The maximum absolute atomic E-state index is 12.6. The van der Waals surface area contributed by atoms with Crippen molar-refractivity contribution < 1.29 is 9.59 Å². The molecular weight excluding hydrogens is 324 g/mol. The van der Waals surface area contributed by atoms with Crippen molar-refractivity contribution in [1.29, 1.82) is 0 Å². The minimum Gasteiger partial charge on any atom is -0.288 e. The molecule has 0 radical (unpaired) electrons. The van der Waals surface area contributed by atoms with Gasteiger partial charge in [-0.3, -0.25) is 19.4 Å². The van der Waals surface area contributed by atoms with Gasteiger partial charge in [-0.15, -0.1) is 21.5 Å². The Morgan fingerprint density at radius 3 is 2.58 bits per heavy atom. The molecule has 1 aromatic carbocycles. The second-order valence-corrected chi connectivity index (χ2v) is 7.03. The largest absolute Gasteiger partial charge is 0.288 e. The topological polar surface area (TPSA) is 66.4 Å². The maximum Gasteiger partial charge on any atom is 0.247 e. The zero-order chi connectivity index (χ0) is 17.1. The van der Waals surface area contributed by atoms with Crippen LogP contribution in [0, 0.1) is 0 Å². The SMILES string of the molecule is CCc1nnc(CN(C)[C@@H]2CC(=O)N(Cc3ccccc3)C2=O)s1. The first kappa shape index (κ1) is 16.7. The van der Waals surface area contributed by atoms with E-state index < -0.39 is 6.04 Å². The molecule has 1 atom stereocenters. The molecule has 0 aliphatic carbocycles. The summed E-state index contributed by atoms with van der Waals surface area (Å²) >= 11 is 1.55. The van der Waals surface area contributed by atoms with Crippen molar-refractivity contribution in [1.82, 2.24) is 20.0 Å². The van der Waals surface area contributed by atoms with Crippen LogP contribution in [-0.4, -0.2) is 44.9 Å². The lowest BCUT2D eigenvalue weighted by Crippen LogP contribution is -2.39. The van der Waals surface area contributed by atoms with E-state index in [1.165, 1.54) is 4.90 Å². The van der Waals surface area contributed by atoms with Crippen LogP contribution in [-0.2, 0) is 29.1 Å². The second kappa shape index (κ2) is 7.19. The molecule has 6 nitrogen and oxygen atoms in total. The molecule has 3 rings (SSSR count). The lowest BCUT2D eigenvalue weighted by molar-refractivity contribution is -0.140. The van der Waals surface area contributed by atoms with E-state index in [0.717, 1.165) is 22.0 Å². The van der Waals surface area contributed by atoms with E-state index in [2.05, 4.69) is 10.2 Å². The summed E-state index contributed by atoms with van der Waals surface area (Å²) < 4.78 is 0. The number of hydrogen-bond acceptors (Lipinski definition) is 6. The zero-order valence-electron chi connectivity index (χ0n) is 13.8. The summed E-state index contributed by atoms with van der Waals surface area (Å²) in [6, 6.07) is 9.15. The molecule has 0 bridgehead atoms. The van der Waals surface area contributed by atoms with Crippen molar-refractivity contribution in [2.75, 3.05) is 7.05 Å². The molecule has 0 unspecified atom stereocenters. The number of nitrogens with zero attached hydrogens (tertiary/aromatic N) is 4. The minimum atomic E-state index is -0.421. The molecule has 0 spiro atoms. The number of likely N-dealkylation sites (tertiary alicyclic amines) is 1. The Morgan fingerprint density at radius 2 is 1.92 bits per heavy atom. The van der Waals surface area contributed by atoms with Gasteiger partial charge in [0.05, 0.1) is 25.6 Å². The maximum atomic E-state index is 12.6. The summed E-state index contributed by atoms with van der Waals surface area (Å²) in [6.45, 7) is 2.90. The number of aryl methyl sites for hydroxylation is 1. The highest BCUT2D eigenvalue weighted by Crippen LogP contribution is 2.22. The average Bonchev–Trinajstić information content (AvgIpc) is 3.15. The molecule has 0 N–H and O–H groups in total. The molecule has 1 saturated heterocycles. The lowest BCUT2D eigenvalue weighted by atomic mass is 10.2. The Bertz CT molecular complexity index is 731. The van der Waals surface area contributed by atoms with Crippen molar-refractivity contribution in [2.24, 2.45) is 0 Å². The van der Waals surface area contributed by atoms with Gasteiger partial charge in [0.2, 0.25) is 11.8 Å². The predicted octanol–water partition coefficient (Wildman–Crippen LogP) is 1.86. The number of carbonyl (C=O) groups excluding carboxylic acids is 2. The molecule has 0 saturated carbocycles. The first-order valence-corrected chi connectivity index (χ1v) is 8.79. The fourth-order valence-electron chi connectivity index (χ4n) is 2.76. The fourth-order valence-corrected chi connectivity index (χ4v) is 3.61. The first-order valence-electron chi connectivity index (χ1n) is 7.98. The van der Waals surface area contributed by atoms with E-state index in [4.69, 9.17) is 0 Å². The van der Waals surface area contributed by atoms with Crippen LogP contribution in [0.4, 0.5) is 0 Å². The van der Waals surface area contributed by atoms with E-state index >= 15 is 0 Å². The van der Waals surface area contributed by atoms with Gasteiger partial charge in [0.25, 0.3) is 0 Å². The van der Waals surface area contributed by atoms with Gasteiger partial charge in [-0.1, -0.05) is 37.3 Å². The van der Waals surface area contributed by atoms with Crippen molar-refractivity contribution in [3.63, 3.8) is 0 Å². The second-order valence-electron chi connectivity index (χ2n) is 5.88. The standard InChI is InChI=1S/C17H20N4O2S/c1-3-14-18-19-15(24-14)11-20(2)13-9-16(22)21(17(13)23)10-12-7-5-4-6-8-12/h4-8,13H,3,9-11H2,1-2H3/t13-/m1/s1. The van der Waals surface area contributed by atoms with Crippen LogP contribution in [0.1, 0.15) is 28.9 Å². The van der Waals surface area contributed by atoms with Crippen LogP contribution in [0.25, 0.3) is 0 Å². The molecule has 126 valence electrons. The number of aromatic nitrogens is 2. The van der Waals surface area contributed by atoms with Crippen molar-refractivity contribution in [3.8, 4) is 0 Å². The predicted molar refractivity (Wildman–Crippen MR) is 91.2 cm³/mol. The third-order valence-electron chi connectivity index (χ3n) is 4.13. The quantitative estimate of drug-likeness (QED) is 0.748. The Kier molecular flexibility index (Phi) is 5.01. The van der Waals surface area contributed by atoms with Gasteiger partial charge >= 0.3 is 0 Å². The summed E-state index contributed by atoms with van der Waals surface area (Å²) in [4.78, 5) is 28.2. The van der Waals surface area contributed by atoms with Crippen molar-refractivity contribution in [2.45, 2.75) is 38.9 Å². The summed E-state index contributed by atoms with van der Waals surface area (Å²) in [6.07, 6.45) is 1.08. The van der Waals surface area contributed by atoms with Crippen LogP contribution in [0.5, 0.6) is 0 Å². The summed E-state index contributed by atoms with van der Waals surface area (Å²) in [5.74, 6) is -0.251. The highest BCUT2D eigenvalue weighted by atomic mass is 32.1. The number of amides is 2. The fraction of sp³-hybridized carbons (Fsp3) is 0.412. The van der Waals surface area contributed by atoms with Gasteiger partial charge in [0, 0.05) is 0 Å². The van der Waals surface area contributed by atoms with E-state index in [1.54, 1.807) is 11.3 Å². The van der Waals surface area contributed by atoms with Gasteiger partial charge in [-0.2, -0.15) is 0 Å². The smallest absolute Gasteiger partial charge is 0.247 e. The average molecular weight is 344 g/mol. The Labute approximate surface area is 145 Å². The number of carbonyl (C=O) groups is 2. The monoisotopic (exact) mass is 344 g/mol. The van der Waals surface area contributed by atoms with Gasteiger partial charge in [-0.05, 0) is 19.0 Å². The summed E-state index contributed by atoms with van der Waals surface area (Å²) in [5.41, 5.74) is 0.958. The van der Waals surface area contributed by atoms with Crippen LogP contribution in [0.3, 0.4) is 0 Å². The molecule has 2 aromatic rings. The van der Waals surface area contributed by atoms with Crippen LogP contribution in [0.2, 0.25) is 0 Å². The Hall–Kier alpha value is -2.12. The molecule has 24 heavy (non-hydrogen) atoms. The van der Waals surface area contributed by atoms with Crippen molar-refractivity contribution >= 4 is 23.2 Å². The summed E-state index contributed by atoms with van der Waals surface area (Å²) in [7, 11) is 1.86. The number of imide groups is 1. The molecule has 2 amide bonds. The number of likely N-dealkylation sites (N-methyl/N-ethyl adjacent to an activating group) is 1. The van der Waals surface area contributed by atoms with E-state index in [-0.39, 0.29) is 18.2 Å². The number of hydrogen-bond donors (Lipinski definition) is 0. The van der Waals surface area contributed by atoms with Gasteiger partial charge in [0.15, 0.2) is 0 Å². The molecular formula is C17H20N4O2S. The highest BCUT2D eigenvalue weighted by molar-refractivity contribution is 7.11. The van der Waals surface area contributed by atoms with Crippen LogP contribution >= 0.6 is 11.3 Å². The minimum absolute atomic E-state index is 0.118. The third kappa shape index (κ3) is 3.52. The first-order chi connectivity index (χ1) is 11.6. The molecule has 1 fully saturated rings. The lowest BCUT2D eigenvalue weighted by Gasteiger charge is -2.21. The molecule has 1 aliphatic rings. The molecule has 7 heteroatoms. The zero-order valence-corrected chi connectivity index (χ0v) is 14.6. The Balaban J connectivity index is 1.66. The van der Waals surface area contributed by atoms with Crippen LogP contribution in [0.15, 0.2) is 30.3 Å². The third-order valence-corrected chi connectivity index (χ3v) is 5.18. The van der Waals surface area contributed by atoms with Gasteiger partial charge in [-0.25, -0.2) is 0 Å². The number of rotatable bonds is 6. The highest BCUT2D eigenvalue weighted by Gasteiger charge is 2.40. The normalized spacial score (nSPS) is 18.0. The van der Waals surface area contributed by atoms with Crippen LogP contribution < -0.4 is 0 Å². The number of benzene rings is 1. The molecule has 1 aromatic heterocycles. The van der Waals surface area contributed by atoms with E-state index in [1.807, 2.05) is 49.2 Å². The van der Waals surface area contributed by atoms with Crippen molar-refractivity contribution in [3.05, 3.63) is 45.9 Å².